The summed E-state index contributed by atoms with van der Waals surface area (Å²) in [6, 6.07) is 5.36. The predicted octanol–water partition coefficient (Wildman–Crippen LogP) is 3.83. The maximum absolute atomic E-state index is 6.03. The van der Waals surface area contributed by atoms with Crippen LogP contribution in [0.5, 0.6) is 0 Å². The van der Waals surface area contributed by atoms with Crippen LogP contribution >= 0.6 is 23.2 Å². The van der Waals surface area contributed by atoms with Crippen molar-refractivity contribution in [3.05, 3.63) is 45.2 Å². The van der Waals surface area contributed by atoms with Gasteiger partial charge in [0, 0.05) is 27.0 Å². The fraction of sp³-hybridized carbons (Fsp3) is 0.333. The maximum atomic E-state index is 6.03. The molecule has 0 spiro atoms. The van der Waals surface area contributed by atoms with Crippen LogP contribution in [0.25, 0.3) is 11.4 Å². The first-order chi connectivity index (χ1) is 9.51. The van der Waals surface area contributed by atoms with Crippen LogP contribution in [0.3, 0.4) is 0 Å². The number of benzene rings is 1. The lowest BCUT2D eigenvalue weighted by Crippen LogP contribution is -2.13. The third-order valence-corrected chi connectivity index (χ3v) is 3.60. The molecule has 106 valence electrons. The minimum absolute atomic E-state index is 0.589. The average molecular weight is 310 g/mol. The van der Waals surface area contributed by atoms with E-state index >= 15 is 0 Å². The molecule has 1 aromatic carbocycles. The molecule has 0 saturated carbocycles. The molecule has 2 aromatic rings. The molecule has 5 heteroatoms. The third-order valence-electron chi connectivity index (χ3n) is 3.17. The lowest BCUT2D eigenvalue weighted by molar-refractivity contribution is 0.774. The number of rotatable bonds is 4. The molecule has 0 radical (unpaired) electrons. The number of hydrogen-bond donors (Lipinski definition) is 1. The summed E-state index contributed by atoms with van der Waals surface area (Å²) >= 11 is 12.1. The van der Waals surface area contributed by atoms with Gasteiger partial charge in [-0.3, -0.25) is 0 Å². The lowest BCUT2D eigenvalue weighted by Gasteiger charge is -2.11. The van der Waals surface area contributed by atoms with Crippen molar-refractivity contribution in [2.24, 2.45) is 0 Å². The highest BCUT2D eigenvalue weighted by Gasteiger charge is 2.10. The summed E-state index contributed by atoms with van der Waals surface area (Å²) in [6.45, 7) is 4.93. The molecule has 0 saturated heterocycles. The molecule has 0 atom stereocenters. The van der Waals surface area contributed by atoms with Crippen molar-refractivity contribution < 1.29 is 0 Å². The zero-order chi connectivity index (χ0) is 14.7. The number of nitrogens with one attached hydrogen (secondary N) is 1. The normalized spacial score (nSPS) is 10.8. The van der Waals surface area contributed by atoms with Gasteiger partial charge in [-0.2, -0.15) is 0 Å². The second kappa shape index (κ2) is 6.53. The molecule has 2 rings (SSSR count). The summed E-state index contributed by atoms with van der Waals surface area (Å²) in [7, 11) is 1.94. The molecule has 0 aliphatic heterocycles. The smallest absolute Gasteiger partial charge is 0.159 e. The van der Waals surface area contributed by atoms with E-state index in [0.717, 1.165) is 29.9 Å². The van der Waals surface area contributed by atoms with E-state index in [1.807, 2.05) is 33.0 Å². The van der Waals surface area contributed by atoms with Gasteiger partial charge in [0.25, 0.3) is 0 Å². The van der Waals surface area contributed by atoms with Gasteiger partial charge in [-0.1, -0.05) is 23.2 Å². The highest BCUT2D eigenvalue weighted by Crippen LogP contribution is 2.26. The SMILES string of the molecule is CNCCc1c(C)nc(-c2cc(Cl)cc(Cl)c2)nc1C. The number of halogens is 2. The molecule has 1 heterocycles. The third kappa shape index (κ3) is 3.48. The zero-order valence-electron chi connectivity index (χ0n) is 11.8. The van der Waals surface area contributed by atoms with Crippen molar-refractivity contribution >= 4 is 23.2 Å². The number of aromatic nitrogens is 2. The zero-order valence-corrected chi connectivity index (χ0v) is 13.3. The molecule has 0 bridgehead atoms. The Labute approximate surface area is 129 Å². The van der Waals surface area contributed by atoms with Crippen LogP contribution in [-0.4, -0.2) is 23.6 Å². The van der Waals surface area contributed by atoms with Crippen LogP contribution < -0.4 is 5.32 Å². The van der Waals surface area contributed by atoms with E-state index in [0.29, 0.717) is 15.9 Å². The molecule has 1 aromatic heterocycles. The Hall–Kier alpha value is -1.16. The summed E-state index contributed by atoms with van der Waals surface area (Å²) in [5, 5.41) is 4.32. The van der Waals surface area contributed by atoms with E-state index in [-0.39, 0.29) is 0 Å². The first-order valence-electron chi connectivity index (χ1n) is 6.46. The molecule has 0 unspecified atom stereocenters. The van der Waals surface area contributed by atoms with Crippen LogP contribution in [0.15, 0.2) is 18.2 Å². The van der Waals surface area contributed by atoms with Crippen LogP contribution in [0.2, 0.25) is 10.0 Å². The monoisotopic (exact) mass is 309 g/mol. The lowest BCUT2D eigenvalue weighted by atomic mass is 10.1. The molecular formula is C15H17Cl2N3. The Balaban J connectivity index is 2.43. The first kappa shape index (κ1) is 15.2. The standard InChI is InChI=1S/C15H17Cl2N3/c1-9-14(4-5-18-3)10(2)20-15(19-9)11-6-12(16)8-13(17)7-11/h6-8,18H,4-5H2,1-3H3. The average Bonchev–Trinajstić information content (AvgIpc) is 2.36. The van der Waals surface area contributed by atoms with Crippen molar-refractivity contribution in [1.29, 1.82) is 0 Å². The Bertz CT molecular complexity index is 583. The Kier molecular flexibility index (Phi) is 4.97. The minimum atomic E-state index is 0.589. The number of likely N-dealkylation sites (N-methyl/N-ethyl adjacent to an activating group) is 1. The molecule has 0 aliphatic rings. The van der Waals surface area contributed by atoms with Gasteiger partial charge in [-0.15, -0.1) is 0 Å². The molecule has 1 N–H and O–H groups in total. The summed E-state index contributed by atoms with van der Waals surface area (Å²) in [5.41, 5.74) is 4.03. The second-order valence-corrected chi connectivity index (χ2v) is 5.58. The number of nitrogens with zero attached hydrogens (tertiary/aromatic N) is 2. The quantitative estimate of drug-likeness (QED) is 0.932. The largest absolute Gasteiger partial charge is 0.319 e. The fourth-order valence-electron chi connectivity index (χ4n) is 2.16. The first-order valence-corrected chi connectivity index (χ1v) is 7.22. The van der Waals surface area contributed by atoms with Gasteiger partial charge in [0.1, 0.15) is 0 Å². The van der Waals surface area contributed by atoms with E-state index < -0.39 is 0 Å². The van der Waals surface area contributed by atoms with E-state index in [1.54, 1.807) is 6.07 Å². The second-order valence-electron chi connectivity index (χ2n) is 4.71. The van der Waals surface area contributed by atoms with Crippen LogP contribution in [0.4, 0.5) is 0 Å². The van der Waals surface area contributed by atoms with Crippen molar-refractivity contribution in [3.63, 3.8) is 0 Å². The van der Waals surface area contributed by atoms with Crippen molar-refractivity contribution in [2.45, 2.75) is 20.3 Å². The minimum Gasteiger partial charge on any atom is -0.319 e. The van der Waals surface area contributed by atoms with Crippen molar-refractivity contribution in [1.82, 2.24) is 15.3 Å². The van der Waals surface area contributed by atoms with Gasteiger partial charge >= 0.3 is 0 Å². The van der Waals surface area contributed by atoms with E-state index in [9.17, 15) is 0 Å². The maximum Gasteiger partial charge on any atom is 0.159 e. The summed E-state index contributed by atoms with van der Waals surface area (Å²) in [5.74, 6) is 0.664. The topological polar surface area (TPSA) is 37.8 Å². The van der Waals surface area contributed by atoms with E-state index in [4.69, 9.17) is 23.2 Å². The molecule has 0 amide bonds. The number of aryl methyl sites for hydroxylation is 2. The van der Waals surface area contributed by atoms with Gasteiger partial charge < -0.3 is 5.32 Å². The predicted molar refractivity (Wildman–Crippen MR) is 84.6 cm³/mol. The van der Waals surface area contributed by atoms with Gasteiger partial charge in [0.15, 0.2) is 5.82 Å². The highest BCUT2D eigenvalue weighted by atomic mass is 35.5. The fourth-order valence-corrected chi connectivity index (χ4v) is 2.69. The van der Waals surface area contributed by atoms with Crippen molar-refractivity contribution in [3.8, 4) is 11.4 Å². The number of hydrogen-bond acceptors (Lipinski definition) is 3. The van der Waals surface area contributed by atoms with Gasteiger partial charge in [0.2, 0.25) is 0 Å². The van der Waals surface area contributed by atoms with Crippen LogP contribution in [0.1, 0.15) is 17.0 Å². The molecule has 0 fully saturated rings. The van der Waals surface area contributed by atoms with Gasteiger partial charge in [-0.25, -0.2) is 9.97 Å². The van der Waals surface area contributed by atoms with E-state index in [2.05, 4.69) is 15.3 Å². The summed E-state index contributed by atoms with van der Waals surface area (Å²) in [6.07, 6.45) is 0.921. The Morgan fingerprint density at radius 1 is 1.00 bits per heavy atom. The summed E-state index contributed by atoms with van der Waals surface area (Å²) in [4.78, 5) is 9.17. The molecule has 3 nitrogen and oxygen atoms in total. The Morgan fingerprint density at radius 2 is 1.55 bits per heavy atom. The molecular weight excluding hydrogens is 293 g/mol. The molecule has 0 aliphatic carbocycles. The molecule has 20 heavy (non-hydrogen) atoms. The summed E-state index contributed by atoms with van der Waals surface area (Å²) < 4.78 is 0. The Morgan fingerprint density at radius 3 is 2.05 bits per heavy atom. The van der Waals surface area contributed by atoms with Gasteiger partial charge in [-0.05, 0) is 57.6 Å². The van der Waals surface area contributed by atoms with Crippen LogP contribution in [-0.2, 0) is 6.42 Å². The highest BCUT2D eigenvalue weighted by molar-refractivity contribution is 6.35. The van der Waals surface area contributed by atoms with Crippen molar-refractivity contribution in [2.75, 3.05) is 13.6 Å². The van der Waals surface area contributed by atoms with E-state index in [1.165, 1.54) is 5.56 Å². The van der Waals surface area contributed by atoms with Crippen LogP contribution in [0, 0.1) is 13.8 Å². The van der Waals surface area contributed by atoms with Gasteiger partial charge in [0.05, 0.1) is 0 Å².